The van der Waals surface area contributed by atoms with Gasteiger partial charge in [-0.1, -0.05) is 18.2 Å². The molecule has 0 radical (unpaired) electrons. The minimum Gasteiger partial charge on any atom is -0.462 e. The Hall–Kier alpha value is -2.34. The van der Waals surface area contributed by atoms with Gasteiger partial charge in [0.1, 0.15) is 0 Å². The maximum Gasteiger partial charge on any atom is 0.329 e. The van der Waals surface area contributed by atoms with E-state index in [-0.39, 0.29) is 30.1 Å². The zero-order valence-corrected chi connectivity index (χ0v) is 17.7. The molecule has 3 unspecified atom stereocenters. The second-order valence-corrected chi connectivity index (χ2v) is 8.94. The molecular formula is C23H30N2O4. The minimum absolute atomic E-state index is 0.140. The number of benzene rings is 1. The van der Waals surface area contributed by atoms with E-state index in [0.717, 1.165) is 23.0 Å². The van der Waals surface area contributed by atoms with Crippen molar-refractivity contribution < 1.29 is 19.1 Å². The van der Waals surface area contributed by atoms with Crippen LogP contribution < -0.4 is 5.32 Å². The van der Waals surface area contributed by atoms with E-state index in [1.807, 2.05) is 18.2 Å². The van der Waals surface area contributed by atoms with Crippen molar-refractivity contribution in [3.8, 4) is 0 Å². The number of carbonyl (C=O) groups is 2. The lowest BCUT2D eigenvalue weighted by Crippen LogP contribution is -2.53. The molecule has 0 saturated carbocycles. The van der Waals surface area contributed by atoms with Crippen LogP contribution in [0.25, 0.3) is 10.9 Å². The standard InChI is InChI=1S/C23H30N2O4/c1-12(2)28-21(26)23(22(27)29-13(3)4)10-16-14(5)24-11-17(16)19-15-8-6-7-9-18(15)25-20(19)23/h6-9,12-14,16-17,24-25H,10-11H2,1-5H3. The van der Waals surface area contributed by atoms with Crippen molar-refractivity contribution in [2.75, 3.05) is 6.54 Å². The van der Waals surface area contributed by atoms with Crippen molar-refractivity contribution in [3.63, 3.8) is 0 Å². The number of fused-ring (bicyclic) bond motifs is 5. The van der Waals surface area contributed by atoms with Gasteiger partial charge in [0.2, 0.25) is 5.41 Å². The van der Waals surface area contributed by atoms with E-state index in [4.69, 9.17) is 9.47 Å². The fraction of sp³-hybridized carbons (Fsp3) is 0.565. The molecule has 1 aliphatic heterocycles. The summed E-state index contributed by atoms with van der Waals surface area (Å²) in [5, 5.41) is 4.60. The molecule has 1 fully saturated rings. The number of para-hydroxylation sites is 1. The lowest BCUT2D eigenvalue weighted by Gasteiger charge is -2.40. The normalized spacial score (nSPS) is 25.1. The molecule has 29 heavy (non-hydrogen) atoms. The predicted molar refractivity (Wildman–Crippen MR) is 111 cm³/mol. The van der Waals surface area contributed by atoms with Crippen LogP contribution in [0.3, 0.4) is 0 Å². The third-order valence-electron chi connectivity index (χ3n) is 6.29. The van der Waals surface area contributed by atoms with Gasteiger partial charge in [-0.15, -0.1) is 0 Å². The zero-order chi connectivity index (χ0) is 20.9. The second kappa shape index (κ2) is 7.17. The fourth-order valence-electron chi connectivity index (χ4n) is 5.02. The summed E-state index contributed by atoms with van der Waals surface area (Å²) in [5.74, 6) is -0.670. The molecule has 1 saturated heterocycles. The van der Waals surface area contributed by atoms with Crippen LogP contribution >= 0.6 is 0 Å². The average Bonchev–Trinajstić information content (AvgIpc) is 3.20. The van der Waals surface area contributed by atoms with Gasteiger partial charge in [0.05, 0.1) is 12.2 Å². The Balaban J connectivity index is 1.98. The summed E-state index contributed by atoms with van der Waals surface area (Å²) in [5.41, 5.74) is 1.14. The summed E-state index contributed by atoms with van der Waals surface area (Å²) in [6, 6.07) is 8.19. The summed E-state index contributed by atoms with van der Waals surface area (Å²) in [4.78, 5) is 30.5. The highest BCUT2D eigenvalue weighted by Gasteiger charge is 2.60. The highest BCUT2D eigenvalue weighted by Crippen LogP contribution is 2.52. The Morgan fingerprint density at radius 3 is 2.31 bits per heavy atom. The molecule has 4 rings (SSSR count). The van der Waals surface area contributed by atoms with Crippen molar-refractivity contribution in [2.45, 2.75) is 70.6 Å². The number of carbonyl (C=O) groups excluding carboxylic acids is 2. The monoisotopic (exact) mass is 398 g/mol. The van der Waals surface area contributed by atoms with E-state index in [9.17, 15) is 9.59 Å². The van der Waals surface area contributed by atoms with Gasteiger partial charge in [-0.25, -0.2) is 0 Å². The maximum absolute atomic E-state index is 13.5. The van der Waals surface area contributed by atoms with Crippen molar-refractivity contribution >= 4 is 22.8 Å². The number of hydrogen-bond donors (Lipinski definition) is 2. The molecule has 1 aromatic carbocycles. The molecular weight excluding hydrogens is 368 g/mol. The topological polar surface area (TPSA) is 80.4 Å². The van der Waals surface area contributed by atoms with Crippen LogP contribution in [0.15, 0.2) is 24.3 Å². The van der Waals surface area contributed by atoms with Crippen molar-refractivity contribution in [1.82, 2.24) is 10.3 Å². The molecule has 6 heteroatoms. The molecule has 0 amide bonds. The molecule has 0 bridgehead atoms. The Labute approximate surface area is 171 Å². The number of aromatic nitrogens is 1. The predicted octanol–water partition coefficient (Wildman–Crippen LogP) is 3.40. The largest absolute Gasteiger partial charge is 0.462 e. The number of nitrogens with one attached hydrogen (secondary N) is 2. The summed E-state index contributed by atoms with van der Waals surface area (Å²) in [6.45, 7) is 10.2. The molecule has 1 aliphatic carbocycles. The van der Waals surface area contributed by atoms with Crippen molar-refractivity contribution in [1.29, 1.82) is 0 Å². The highest BCUT2D eigenvalue weighted by atomic mass is 16.6. The van der Waals surface area contributed by atoms with E-state index in [0.29, 0.717) is 12.1 Å². The Bertz CT molecular complexity index is 924. The van der Waals surface area contributed by atoms with E-state index >= 15 is 0 Å². The first-order valence-corrected chi connectivity index (χ1v) is 10.5. The molecule has 2 aliphatic rings. The van der Waals surface area contributed by atoms with Gasteiger partial charge in [0.15, 0.2) is 0 Å². The van der Waals surface area contributed by atoms with Crippen molar-refractivity contribution in [3.05, 3.63) is 35.5 Å². The number of rotatable bonds is 4. The van der Waals surface area contributed by atoms with Crippen LogP contribution in [-0.4, -0.2) is 41.7 Å². The molecule has 2 N–H and O–H groups in total. The Kier molecular flexibility index (Phi) is 4.93. The molecule has 2 heterocycles. The first-order valence-electron chi connectivity index (χ1n) is 10.5. The van der Waals surface area contributed by atoms with Crippen molar-refractivity contribution in [2.24, 2.45) is 5.92 Å². The van der Waals surface area contributed by atoms with E-state index < -0.39 is 17.4 Å². The summed E-state index contributed by atoms with van der Waals surface area (Å²) >= 11 is 0. The third-order valence-corrected chi connectivity index (χ3v) is 6.29. The van der Waals surface area contributed by atoms with Crippen LogP contribution in [0.5, 0.6) is 0 Å². The lowest BCUT2D eigenvalue weighted by molar-refractivity contribution is -0.171. The quantitative estimate of drug-likeness (QED) is 0.609. The maximum atomic E-state index is 13.5. The minimum atomic E-state index is -1.48. The number of aromatic amines is 1. The van der Waals surface area contributed by atoms with Crippen LogP contribution in [-0.2, 0) is 24.5 Å². The second-order valence-electron chi connectivity index (χ2n) is 8.94. The van der Waals surface area contributed by atoms with Crippen LogP contribution in [0, 0.1) is 5.92 Å². The van der Waals surface area contributed by atoms with Gasteiger partial charge in [-0.2, -0.15) is 0 Å². The molecule has 2 aromatic rings. The van der Waals surface area contributed by atoms with Gasteiger partial charge in [0.25, 0.3) is 0 Å². The zero-order valence-electron chi connectivity index (χ0n) is 17.7. The Morgan fingerprint density at radius 1 is 1.07 bits per heavy atom. The number of hydrogen-bond acceptors (Lipinski definition) is 5. The summed E-state index contributed by atoms with van der Waals surface area (Å²) < 4.78 is 11.3. The lowest BCUT2D eigenvalue weighted by atomic mass is 9.63. The van der Waals surface area contributed by atoms with Crippen LogP contribution in [0.1, 0.15) is 58.2 Å². The third kappa shape index (κ3) is 3.05. The van der Waals surface area contributed by atoms with Gasteiger partial charge < -0.3 is 19.8 Å². The molecule has 3 atom stereocenters. The van der Waals surface area contributed by atoms with E-state index in [1.54, 1.807) is 27.7 Å². The number of esters is 2. The van der Waals surface area contributed by atoms with E-state index in [2.05, 4.69) is 23.3 Å². The first-order chi connectivity index (χ1) is 13.8. The number of ether oxygens (including phenoxy) is 2. The average molecular weight is 399 g/mol. The smallest absolute Gasteiger partial charge is 0.329 e. The fourth-order valence-corrected chi connectivity index (χ4v) is 5.02. The van der Waals surface area contributed by atoms with Gasteiger partial charge in [-0.05, 0) is 58.6 Å². The first kappa shape index (κ1) is 20.0. The molecule has 0 spiro atoms. The van der Waals surface area contributed by atoms with Gasteiger partial charge >= 0.3 is 11.9 Å². The van der Waals surface area contributed by atoms with Crippen LogP contribution in [0.2, 0.25) is 0 Å². The molecule has 6 nitrogen and oxygen atoms in total. The highest BCUT2D eigenvalue weighted by molar-refractivity contribution is 6.08. The summed E-state index contributed by atoms with van der Waals surface area (Å²) in [6.07, 6.45) is -0.269. The van der Waals surface area contributed by atoms with E-state index in [1.165, 1.54) is 0 Å². The van der Waals surface area contributed by atoms with Gasteiger partial charge in [0, 0.05) is 35.1 Å². The number of H-pyrrole nitrogens is 1. The van der Waals surface area contributed by atoms with Gasteiger partial charge in [-0.3, -0.25) is 9.59 Å². The molecule has 1 aromatic heterocycles. The SMILES string of the molecule is CC(C)OC(=O)C1(C(=O)OC(C)C)CC2C(C)NCC2c2c1[nH]c1ccccc21. The summed E-state index contributed by atoms with van der Waals surface area (Å²) in [7, 11) is 0. The van der Waals surface area contributed by atoms with Crippen LogP contribution in [0.4, 0.5) is 0 Å². The molecule has 156 valence electrons. The Morgan fingerprint density at radius 2 is 1.69 bits per heavy atom.